The van der Waals surface area contributed by atoms with Crippen molar-refractivity contribution in [2.75, 3.05) is 17.7 Å². The molecule has 0 amide bonds. The van der Waals surface area contributed by atoms with Gasteiger partial charge in [0, 0.05) is 27.6 Å². The van der Waals surface area contributed by atoms with Crippen molar-refractivity contribution in [3.05, 3.63) is 76.0 Å². The molecule has 0 aliphatic carbocycles. The number of hydrogen-bond acceptors (Lipinski definition) is 7. The molecule has 1 N–H and O–H groups in total. The number of para-hydroxylation sites is 1. The van der Waals surface area contributed by atoms with E-state index in [1.807, 2.05) is 55.5 Å². The normalized spacial score (nSPS) is 14.8. The summed E-state index contributed by atoms with van der Waals surface area (Å²) in [6, 6.07) is 14.7. The average molecular weight is 527 g/mol. The summed E-state index contributed by atoms with van der Waals surface area (Å²) < 4.78 is 13.7. The van der Waals surface area contributed by atoms with Crippen LogP contribution in [-0.2, 0) is 16.1 Å². The second kappa shape index (κ2) is 12.3. The molecule has 36 heavy (non-hydrogen) atoms. The van der Waals surface area contributed by atoms with Gasteiger partial charge in [0.15, 0.2) is 0 Å². The predicted molar refractivity (Wildman–Crippen MR) is 144 cm³/mol. The minimum absolute atomic E-state index is 0.294. The number of carbonyl (C=O) groups is 1. The molecule has 1 unspecified atom stereocenters. The molecule has 9 heteroatoms. The van der Waals surface area contributed by atoms with Gasteiger partial charge in [-0.2, -0.15) is 4.98 Å². The van der Waals surface area contributed by atoms with Crippen LogP contribution in [0.15, 0.2) is 65.0 Å². The van der Waals surface area contributed by atoms with E-state index in [2.05, 4.69) is 24.1 Å². The van der Waals surface area contributed by atoms with Gasteiger partial charge in [0.25, 0.3) is 0 Å². The van der Waals surface area contributed by atoms with Crippen LogP contribution in [-0.4, -0.2) is 33.1 Å². The Bertz CT molecular complexity index is 1240. The zero-order valence-electron chi connectivity index (χ0n) is 20.8. The first kappa shape index (κ1) is 26.1. The lowest BCUT2D eigenvalue weighted by Gasteiger charge is -2.29. The number of nitrogens with one attached hydrogen (secondary N) is 1. The largest absolute Gasteiger partial charge is 0.488 e. The Labute approximate surface area is 221 Å². The Hall–Kier alpha value is -2.97. The number of aromatic nitrogens is 3. The molecule has 0 fully saturated rings. The van der Waals surface area contributed by atoms with Gasteiger partial charge >= 0.3 is 5.97 Å². The van der Waals surface area contributed by atoms with E-state index in [-0.39, 0.29) is 5.97 Å². The number of allylic oxidation sites excluding steroid dienone is 1. The summed E-state index contributed by atoms with van der Waals surface area (Å²) in [5.41, 5.74) is 2.86. The minimum Gasteiger partial charge on any atom is -0.488 e. The molecule has 1 aliphatic heterocycles. The van der Waals surface area contributed by atoms with Crippen LogP contribution in [0.1, 0.15) is 57.2 Å². The molecule has 0 bridgehead atoms. The average Bonchev–Trinajstić information content (AvgIpc) is 3.28. The fourth-order valence-electron chi connectivity index (χ4n) is 3.93. The van der Waals surface area contributed by atoms with Crippen molar-refractivity contribution in [1.29, 1.82) is 0 Å². The third-order valence-electron chi connectivity index (χ3n) is 5.77. The molecule has 2 aromatic carbocycles. The molecule has 7 nitrogen and oxygen atoms in total. The maximum absolute atomic E-state index is 13.3. The lowest BCUT2D eigenvalue weighted by molar-refractivity contribution is -0.139. The molecular formula is C27H31ClN4O3S. The number of benzene rings is 2. The lowest BCUT2D eigenvalue weighted by atomic mass is 9.95. The highest BCUT2D eigenvalue weighted by Crippen LogP contribution is 2.40. The topological polar surface area (TPSA) is 78.3 Å². The number of rotatable bonds is 11. The first-order chi connectivity index (χ1) is 17.5. The van der Waals surface area contributed by atoms with Crippen LogP contribution in [0.2, 0.25) is 5.02 Å². The quantitative estimate of drug-likeness (QED) is 0.170. The van der Waals surface area contributed by atoms with E-state index in [4.69, 9.17) is 26.2 Å². The molecule has 0 radical (unpaired) electrons. The second-order valence-electron chi connectivity index (χ2n) is 8.48. The first-order valence-corrected chi connectivity index (χ1v) is 13.6. The Kier molecular flexibility index (Phi) is 8.93. The number of esters is 1. The van der Waals surface area contributed by atoms with Crippen LogP contribution in [0, 0.1) is 0 Å². The van der Waals surface area contributed by atoms with Crippen LogP contribution < -0.4 is 10.1 Å². The van der Waals surface area contributed by atoms with Crippen LogP contribution in [0.3, 0.4) is 0 Å². The molecule has 0 saturated carbocycles. The van der Waals surface area contributed by atoms with Crippen LogP contribution in [0.4, 0.5) is 5.95 Å². The van der Waals surface area contributed by atoms with E-state index in [1.54, 1.807) is 16.4 Å². The molecule has 3 aromatic rings. The van der Waals surface area contributed by atoms with E-state index in [0.29, 0.717) is 46.4 Å². The number of carbonyl (C=O) groups excluding carboxylic acids is 1. The number of anilines is 1. The molecule has 4 rings (SSSR count). The van der Waals surface area contributed by atoms with Crippen molar-refractivity contribution in [2.24, 2.45) is 0 Å². The molecular weight excluding hydrogens is 496 g/mol. The van der Waals surface area contributed by atoms with Gasteiger partial charge < -0.3 is 14.8 Å². The zero-order chi connectivity index (χ0) is 25.5. The number of unbranched alkanes of at least 4 members (excludes halogenated alkanes) is 1. The number of fused-ring (bicyclic) bond motifs is 1. The first-order valence-electron chi connectivity index (χ1n) is 12.2. The van der Waals surface area contributed by atoms with Gasteiger partial charge in [-0.25, -0.2) is 9.48 Å². The van der Waals surface area contributed by atoms with Crippen molar-refractivity contribution < 1.29 is 14.3 Å². The van der Waals surface area contributed by atoms with E-state index in [9.17, 15) is 4.79 Å². The van der Waals surface area contributed by atoms with Crippen molar-refractivity contribution in [3.63, 3.8) is 0 Å². The Morgan fingerprint density at radius 1 is 1.14 bits per heavy atom. The predicted octanol–water partition coefficient (Wildman–Crippen LogP) is 6.64. The fraction of sp³-hybridized carbons (Fsp3) is 0.370. The number of hydrogen-bond donors (Lipinski definition) is 1. The maximum Gasteiger partial charge on any atom is 0.338 e. The summed E-state index contributed by atoms with van der Waals surface area (Å²) in [5.74, 6) is 1.76. The van der Waals surface area contributed by atoms with E-state index >= 15 is 0 Å². The summed E-state index contributed by atoms with van der Waals surface area (Å²) >= 11 is 7.94. The van der Waals surface area contributed by atoms with Crippen LogP contribution in [0.5, 0.6) is 5.75 Å². The van der Waals surface area contributed by atoms with Crippen molar-refractivity contribution in [2.45, 2.75) is 57.8 Å². The Balaban J connectivity index is 1.73. The van der Waals surface area contributed by atoms with Gasteiger partial charge in [-0.15, -0.1) is 5.10 Å². The van der Waals surface area contributed by atoms with Gasteiger partial charge in [-0.1, -0.05) is 80.0 Å². The van der Waals surface area contributed by atoms with E-state index in [0.717, 1.165) is 36.1 Å². The number of ether oxygens (including phenoxy) is 2. The molecule has 2 heterocycles. The molecule has 1 aliphatic rings. The monoisotopic (exact) mass is 526 g/mol. The second-order valence-corrected chi connectivity index (χ2v) is 9.95. The smallest absolute Gasteiger partial charge is 0.338 e. The SMILES string of the molecule is CCCCOC(=O)C1=C(C)Nc2nc(SCCC)nn2C1c1ccccc1OCc1ccccc1Cl. The molecule has 0 spiro atoms. The summed E-state index contributed by atoms with van der Waals surface area (Å²) in [5, 5.41) is 9.33. The highest BCUT2D eigenvalue weighted by Gasteiger charge is 2.36. The van der Waals surface area contributed by atoms with Gasteiger partial charge in [0.2, 0.25) is 11.1 Å². The Morgan fingerprint density at radius 3 is 2.69 bits per heavy atom. The molecule has 1 aromatic heterocycles. The minimum atomic E-state index is -0.554. The van der Waals surface area contributed by atoms with E-state index < -0.39 is 6.04 Å². The van der Waals surface area contributed by atoms with Gasteiger partial charge in [-0.3, -0.25) is 0 Å². The maximum atomic E-state index is 13.3. The highest BCUT2D eigenvalue weighted by atomic mass is 35.5. The summed E-state index contributed by atoms with van der Waals surface area (Å²) in [6.45, 7) is 6.71. The van der Waals surface area contributed by atoms with Crippen molar-refractivity contribution in [3.8, 4) is 5.75 Å². The molecule has 190 valence electrons. The van der Waals surface area contributed by atoms with Crippen molar-refractivity contribution >= 4 is 35.3 Å². The number of nitrogens with zero attached hydrogens (tertiary/aromatic N) is 3. The van der Waals surface area contributed by atoms with Gasteiger partial charge in [0.1, 0.15) is 18.4 Å². The van der Waals surface area contributed by atoms with E-state index in [1.165, 1.54) is 0 Å². The van der Waals surface area contributed by atoms with Crippen molar-refractivity contribution in [1.82, 2.24) is 14.8 Å². The van der Waals surface area contributed by atoms with Crippen LogP contribution >= 0.6 is 23.4 Å². The van der Waals surface area contributed by atoms with Crippen LogP contribution in [0.25, 0.3) is 0 Å². The molecule has 0 saturated heterocycles. The van der Waals surface area contributed by atoms with Gasteiger partial charge in [-0.05, 0) is 31.9 Å². The standard InChI is InChI=1S/C27H31ClN4O3S/c1-4-6-15-34-25(33)23-18(3)29-26-30-27(36-16-5-2)31-32(26)24(23)20-12-8-10-14-22(20)35-17-19-11-7-9-13-21(19)28/h7-14,24H,4-6,15-17H2,1-3H3,(H,29,30,31). The fourth-order valence-corrected chi connectivity index (χ4v) is 4.81. The number of thioether (sulfide) groups is 1. The van der Waals surface area contributed by atoms with Gasteiger partial charge in [0.05, 0.1) is 12.2 Å². The molecule has 1 atom stereocenters. The summed E-state index contributed by atoms with van der Waals surface area (Å²) in [7, 11) is 0. The zero-order valence-corrected chi connectivity index (χ0v) is 22.4. The highest BCUT2D eigenvalue weighted by molar-refractivity contribution is 7.99. The lowest BCUT2D eigenvalue weighted by Crippen LogP contribution is -2.30. The summed E-state index contributed by atoms with van der Waals surface area (Å²) in [4.78, 5) is 18.0. The Morgan fingerprint density at radius 2 is 1.92 bits per heavy atom. The third-order valence-corrected chi connectivity index (χ3v) is 7.19. The third kappa shape index (κ3) is 5.87. The summed E-state index contributed by atoms with van der Waals surface area (Å²) in [6.07, 6.45) is 2.76. The number of halogens is 1.